The number of hydrogen-bond donors (Lipinski definition) is 0. The Hall–Kier alpha value is -0.550. The van der Waals surface area contributed by atoms with E-state index in [2.05, 4.69) is 0 Å². The van der Waals surface area contributed by atoms with Gasteiger partial charge >= 0.3 is 0 Å². The van der Waals surface area contributed by atoms with E-state index in [1.165, 1.54) is 16.1 Å². The fraction of sp³-hybridized carbons (Fsp3) is 0.778. The van der Waals surface area contributed by atoms with E-state index >= 15 is 0 Å². The summed E-state index contributed by atoms with van der Waals surface area (Å²) in [5, 5.41) is 0. The van der Waals surface area contributed by atoms with Crippen LogP contribution in [0.25, 0.3) is 0 Å². The summed E-state index contributed by atoms with van der Waals surface area (Å²) in [7, 11) is 0.881. The van der Waals surface area contributed by atoms with Crippen LogP contribution in [-0.4, -0.2) is 51.1 Å². The topological polar surface area (TPSA) is 40.6 Å². The minimum Gasteiger partial charge on any atom is -0.383 e. The predicted octanol–water partition coefficient (Wildman–Crippen LogP) is 0.487. The fourth-order valence-electron chi connectivity index (χ4n) is 1.62. The molecule has 0 aromatic carbocycles. The van der Waals surface area contributed by atoms with Crippen LogP contribution in [0.1, 0.15) is 12.8 Å². The molecule has 14 heavy (non-hydrogen) atoms. The number of piperidine rings is 1. The summed E-state index contributed by atoms with van der Waals surface area (Å²) in [4.78, 5) is 1.96. The summed E-state index contributed by atoms with van der Waals surface area (Å²) in [6, 6.07) is 0. The SMILES string of the molecule is CN(C)/C=C1/CCCN(S(C)(=O)=O)C1. The number of sulfonamides is 1. The average molecular weight is 218 g/mol. The van der Waals surface area contributed by atoms with Crippen LogP contribution < -0.4 is 0 Å². The van der Waals surface area contributed by atoms with Gasteiger partial charge in [-0.1, -0.05) is 0 Å². The van der Waals surface area contributed by atoms with E-state index < -0.39 is 10.0 Å². The van der Waals surface area contributed by atoms with E-state index in [0.29, 0.717) is 13.1 Å². The summed E-state index contributed by atoms with van der Waals surface area (Å²) in [6.45, 7) is 1.21. The van der Waals surface area contributed by atoms with Gasteiger partial charge in [0.2, 0.25) is 10.0 Å². The van der Waals surface area contributed by atoms with Gasteiger partial charge in [-0.15, -0.1) is 0 Å². The summed E-state index contributed by atoms with van der Waals surface area (Å²) >= 11 is 0. The molecule has 0 aromatic heterocycles. The molecule has 4 nitrogen and oxygen atoms in total. The molecule has 1 rings (SSSR count). The van der Waals surface area contributed by atoms with Gasteiger partial charge in [0.1, 0.15) is 0 Å². The molecule has 0 spiro atoms. The first-order valence-electron chi connectivity index (χ1n) is 4.71. The summed E-state index contributed by atoms with van der Waals surface area (Å²) in [5.74, 6) is 0. The lowest BCUT2D eigenvalue weighted by molar-refractivity contribution is 0.391. The summed E-state index contributed by atoms with van der Waals surface area (Å²) < 4.78 is 24.1. The molecule has 5 heteroatoms. The van der Waals surface area contributed by atoms with E-state index in [4.69, 9.17) is 0 Å². The number of rotatable bonds is 2. The Balaban J connectivity index is 2.70. The molecule has 0 atom stereocenters. The molecular weight excluding hydrogens is 200 g/mol. The molecule has 1 fully saturated rings. The van der Waals surface area contributed by atoms with Crippen molar-refractivity contribution in [2.24, 2.45) is 0 Å². The van der Waals surface area contributed by atoms with Gasteiger partial charge in [-0.05, 0) is 24.6 Å². The maximum absolute atomic E-state index is 11.3. The quantitative estimate of drug-likeness (QED) is 0.677. The molecule has 0 N–H and O–H groups in total. The van der Waals surface area contributed by atoms with Gasteiger partial charge in [0.25, 0.3) is 0 Å². The van der Waals surface area contributed by atoms with Crippen molar-refractivity contribution in [1.29, 1.82) is 0 Å². The number of nitrogens with zero attached hydrogens (tertiary/aromatic N) is 2. The molecular formula is C9H18N2O2S. The van der Waals surface area contributed by atoms with E-state index in [-0.39, 0.29) is 0 Å². The van der Waals surface area contributed by atoms with Gasteiger partial charge in [0.15, 0.2) is 0 Å². The molecule has 0 unspecified atom stereocenters. The van der Waals surface area contributed by atoms with Crippen LogP contribution in [0.3, 0.4) is 0 Å². The second-order valence-electron chi connectivity index (χ2n) is 3.95. The zero-order chi connectivity index (χ0) is 10.8. The maximum Gasteiger partial charge on any atom is 0.211 e. The lowest BCUT2D eigenvalue weighted by Gasteiger charge is -2.27. The maximum atomic E-state index is 11.3. The predicted molar refractivity (Wildman–Crippen MR) is 57.4 cm³/mol. The van der Waals surface area contributed by atoms with E-state index in [0.717, 1.165) is 12.8 Å². The van der Waals surface area contributed by atoms with Crippen molar-refractivity contribution in [3.8, 4) is 0 Å². The Morgan fingerprint density at radius 2 is 2.07 bits per heavy atom. The van der Waals surface area contributed by atoms with Crippen LogP contribution in [0, 0.1) is 0 Å². The van der Waals surface area contributed by atoms with Gasteiger partial charge in [-0.2, -0.15) is 4.31 Å². The van der Waals surface area contributed by atoms with Gasteiger partial charge in [0.05, 0.1) is 6.26 Å². The molecule has 1 heterocycles. The Morgan fingerprint density at radius 1 is 1.43 bits per heavy atom. The highest BCUT2D eigenvalue weighted by atomic mass is 32.2. The van der Waals surface area contributed by atoms with Gasteiger partial charge in [-0.25, -0.2) is 8.42 Å². The van der Waals surface area contributed by atoms with E-state index in [9.17, 15) is 8.42 Å². The van der Waals surface area contributed by atoms with Crippen molar-refractivity contribution in [3.05, 3.63) is 11.8 Å². The minimum atomic E-state index is -3.02. The van der Waals surface area contributed by atoms with Crippen LogP contribution >= 0.6 is 0 Å². The van der Waals surface area contributed by atoms with Crippen molar-refractivity contribution in [1.82, 2.24) is 9.21 Å². The second-order valence-corrected chi connectivity index (χ2v) is 5.93. The van der Waals surface area contributed by atoms with Gasteiger partial charge in [0, 0.05) is 27.2 Å². The molecule has 1 aliphatic rings. The lowest BCUT2D eigenvalue weighted by atomic mass is 10.1. The number of hydrogen-bond acceptors (Lipinski definition) is 3. The second kappa shape index (κ2) is 4.31. The minimum absolute atomic E-state index is 0.553. The zero-order valence-electron chi connectivity index (χ0n) is 9.02. The van der Waals surface area contributed by atoms with Crippen molar-refractivity contribution in [3.63, 3.8) is 0 Å². The van der Waals surface area contributed by atoms with Crippen molar-refractivity contribution < 1.29 is 8.42 Å². The Labute approximate surface area is 86.2 Å². The highest BCUT2D eigenvalue weighted by molar-refractivity contribution is 7.88. The molecule has 0 bridgehead atoms. The summed E-state index contributed by atoms with van der Waals surface area (Å²) in [6.07, 6.45) is 5.21. The Morgan fingerprint density at radius 3 is 2.57 bits per heavy atom. The third-order valence-electron chi connectivity index (χ3n) is 2.19. The molecule has 1 saturated heterocycles. The van der Waals surface area contributed by atoms with Crippen molar-refractivity contribution in [2.45, 2.75) is 12.8 Å². The molecule has 0 amide bonds. The monoisotopic (exact) mass is 218 g/mol. The third kappa shape index (κ3) is 3.31. The lowest BCUT2D eigenvalue weighted by Crippen LogP contribution is -2.36. The van der Waals surface area contributed by atoms with Crippen LogP contribution in [0.2, 0.25) is 0 Å². The van der Waals surface area contributed by atoms with Gasteiger partial charge < -0.3 is 4.90 Å². The highest BCUT2D eigenvalue weighted by Crippen LogP contribution is 2.17. The van der Waals surface area contributed by atoms with Crippen molar-refractivity contribution in [2.75, 3.05) is 33.4 Å². The molecule has 0 radical (unpaired) electrons. The Bertz CT molecular complexity index is 320. The Kier molecular flexibility index (Phi) is 3.55. The first-order chi connectivity index (χ1) is 6.39. The molecule has 0 saturated carbocycles. The standard InChI is InChI=1S/C9H18N2O2S/c1-10(2)7-9-5-4-6-11(8-9)14(3,12)13/h7H,4-6,8H2,1-3H3/b9-7-. The van der Waals surface area contributed by atoms with Gasteiger partial charge in [-0.3, -0.25) is 0 Å². The summed E-state index contributed by atoms with van der Waals surface area (Å²) in [5.41, 5.74) is 1.19. The molecule has 82 valence electrons. The van der Waals surface area contributed by atoms with E-state index in [1.54, 1.807) is 0 Å². The van der Waals surface area contributed by atoms with Crippen molar-refractivity contribution >= 4 is 10.0 Å². The van der Waals surface area contributed by atoms with Crippen LogP contribution in [0.5, 0.6) is 0 Å². The first-order valence-corrected chi connectivity index (χ1v) is 6.55. The van der Waals surface area contributed by atoms with Crippen LogP contribution in [-0.2, 0) is 10.0 Å². The average Bonchev–Trinajstić information content (AvgIpc) is 2.01. The molecule has 0 aromatic rings. The van der Waals surface area contributed by atoms with E-state index in [1.807, 2.05) is 25.2 Å². The zero-order valence-corrected chi connectivity index (χ0v) is 9.84. The highest BCUT2D eigenvalue weighted by Gasteiger charge is 2.21. The molecule has 0 aliphatic carbocycles. The van der Waals surface area contributed by atoms with Crippen LogP contribution in [0.4, 0.5) is 0 Å². The van der Waals surface area contributed by atoms with Crippen LogP contribution in [0.15, 0.2) is 11.8 Å². The first kappa shape index (κ1) is 11.5. The molecule has 1 aliphatic heterocycles. The third-order valence-corrected chi connectivity index (χ3v) is 3.44. The smallest absolute Gasteiger partial charge is 0.211 e. The fourth-order valence-corrected chi connectivity index (χ4v) is 2.48. The largest absolute Gasteiger partial charge is 0.383 e. The normalized spacial score (nSPS) is 22.6.